The molecule has 0 aromatic heterocycles. The Morgan fingerprint density at radius 1 is 0.519 bits per heavy atom. The molecule has 4 N–H and O–H groups in total. The van der Waals surface area contributed by atoms with E-state index in [0.29, 0.717) is 12.1 Å². The predicted octanol–water partition coefficient (Wildman–Crippen LogP) is -3.06. The molecule has 0 amide bonds. The van der Waals surface area contributed by atoms with Gasteiger partial charge in [0.05, 0.1) is 9.79 Å². The molecule has 0 saturated heterocycles. The fourth-order valence-electron chi connectivity index (χ4n) is 2.07. The number of rotatable bonds is 4. The standard InChI is InChI=1S/C10H8O12S4.K.H/c11-23(12,13)5-1-7-8(10(3-5)26(20,21)22)2-6(24(14,15)16)4-9(7)25(17,18)19;;/h1-4H,(H,11,12,13)(H,14,15,16)(H,17,18,19)(H,20,21,22);;/q;+1;-1. The van der Waals surface area contributed by atoms with Gasteiger partial charge in [-0.15, -0.1) is 0 Å². The van der Waals surface area contributed by atoms with Gasteiger partial charge < -0.3 is 1.43 Å². The summed E-state index contributed by atoms with van der Waals surface area (Å²) in [6, 6.07) is 1.32. The molecule has 0 radical (unpaired) electrons. The van der Waals surface area contributed by atoms with E-state index in [-0.39, 0.29) is 64.9 Å². The summed E-state index contributed by atoms with van der Waals surface area (Å²) < 4.78 is 128. The minimum atomic E-state index is -5.27. The molecule has 0 unspecified atom stereocenters. The van der Waals surface area contributed by atoms with E-state index >= 15 is 0 Å². The third-order valence-corrected chi connectivity index (χ3v) is 6.54. The van der Waals surface area contributed by atoms with Crippen molar-refractivity contribution in [2.45, 2.75) is 19.6 Å². The molecule has 0 saturated carbocycles. The van der Waals surface area contributed by atoms with Crippen LogP contribution in [-0.2, 0) is 40.5 Å². The van der Waals surface area contributed by atoms with Crippen molar-refractivity contribution in [3.63, 3.8) is 0 Å². The van der Waals surface area contributed by atoms with Crippen molar-refractivity contribution >= 4 is 51.2 Å². The van der Waals surface area contributed by atoms with Crippen LogP contribution in [0.15, 0.2) is 43.8 Å². The van der Waals surface area contributed by atoms with Gasteiger partial charge in [-0.2, -0.15) is 33.7 Å². The van der Waals surface area contributed by atoms with E-state index in [0.717, 1.165) is 0 Å². The van der Waals surface area contributed by atoms with E-state index in [1.807, 2.05) is 0 Å². The summed E-state index contributed by atoms with van der Waals surface area (Å²) in [6.45, 7) is 0. The van der Waals surface area contributed by atoms with Crippen LogP contribution in [0.1, 0.15) is 1.43 Å². The summed E-state index contributed by atoms with van der Waals surface area (Å²) in [5, 5.41) is -1.72. The van der Waals surface area contributed by atoms with Crippen LogP contribution >= 0.6 is 0 Å². The average molecular weight is 489 g/mol. The Labute approximate surface area is 197 Å². The van der Waals surface area contributed by atoms with Crippen molar-refractivity contribution < 1.29 is 105 Å². The molecule has 146 valence electrons. The summed E-state index contributed by atoms with van der Waals surface area (Å²) in [6.07, 6.45) is 0. The topological polar surface area (TPSA) is 217 Å². The Bertz CT molecular complexity index is 1250. The van der Waals surface area contributed by atoms with Crippen LogP contribution < -0.4 is 51.4 Å². The zero-order valence-corrected chi connectivity index (χ0v) is 19.4. The van der Waals surface area contributed by atoms with Crippen LogP contribution in [0.4, 0.5) is 0 Å². The van der Waals surface area contributed by atoms with Crippen LogP contribution in [0.25, 0.3) is 10.8 Å². The van der Waals surface area contributed by atoms with Crippen LogP contribution in [-0.4, -0.2) is 51.9 Å². The van der Waals surface area contributed by atoms with Crippen molar-refractivity contribution in [1.82, 2.24) is 0 Å². The summed E-state index contributed by atoms with van der Waals surface area (Å²) in [5.41, 5.74) is 0. The minimum absolute atomic E-state index is 0. The van der Waals surface area contributed by atoms with E-state index in [9.17, 15) is 42.8 Å². The SMILES string of the molecule is O=S(=O)(O)c1cc(S(=O)(=O)O)c2cc(S(=O)(=O)O)cc(S(=O)(=O)O)c2c1.[H-].[K+]. The van der Waals surface area contributed by atoms with E-state index in [1.165, 1.54) is 0 Å². The predicted molar refractivity (Wildman–Crippen MR) is 84.3 cm³/mol. The van der Waals surface area contributed by atoms with E-state index < -0.39 is 70.8 Å². The monoisotopic (exact) mass is 488 g/mol. The second kappa shape index (κ2) is 7.67. The number of hydrogen-bond donors (Lipinski definition) is 4. The van der Waals surface area contributed by atoms with Gasteiger partial charge in [0.2, 0.25) is 0 Å². The van der Waals surface area contributed by atoms with Gasteiger partial charge in [0.15, 0.2) is 0 Å². The smallest absolute Gasteiger partial charge is 1.00 e. The van der Waals surface area contributed by atoms with Gasteiger partial charge in [0.25, 0.3) is 40.5 Å². The number of fused-ring (bicyclic) bond motifs is 1. The van der Waals surface area contributed by atoms with Crippen LogP contribution in [0.2, 0.25) is 0 Å². The fraction of sp³-hybridized carbons (Fsp3) is 0. The zero-order chi connectivity index (χ0) is 20.3. The molecular weight excluding hydrogens is 479 g/mol. The molecule has 0 aliphatic heterocycles. The molecule has 12 nitrogen and oxygen atoms in total. The quantitative estimate of drug-likeness (QED) is 0.249. The van der Waals surface area contributed by atoms with Gasteiger partial charge in [0, 0.05) is 10.8 Å². The average Bonchev–Trinajstić information content (AvgIpc) is 2.40. The Kier molecular flexibility index (Phi) is 7.10. The maximum absolute atomic E-state index is 11.5. The molecule has 17 heteroatoms. The second-order valence-corrected chi connectivity index (χ2v) is 10.5. The molecule has 0 bridgehead atoms. The first kappa shape index (κ1) is 25.0. The molecule has 0 aliphatic carbocycles. The Morgan fingerprint density at radius 2 is 0.778 bits per heavy atom. The largest absolute Gasteiger partial charge is 1.00 e. The Morgan fingerprint density at radius 3 is 0.963 bits per heavy atom. The molecular formula is C10H9KO12S4. The molecule has 0 fully saturated rings. The Hall–Kier alpha value is -0.0236. The summed E-state index contributed by atoms with van der Waals surface area (Å²) in [7, 11) is -20.7. The molecule has 0 aliphatic rings. The van der Waals surface area contributed by atoms with Crippen molar-refractivity contribution in [3.05, 3.63) is 24.3 Å². The van der Waals surface area contributed by atoms with Gasteiger partial charge >= 0.3 is 51.4 Å². The molecule has 27 heavy (non-hydrogen) atoms. The van der Waals surface area contributed by atoms with E-state index in [4.69, 9.17) is 9.11 Å². The number of benzene rings is 2. The van der Waals surface area contributed by atoms with Crippen LogP contribution in [0.3, 0.4) is 0 Å². The summed E-state index contributed by atoms with van der Waals surface area (Å²) in [5.74, 6) is 0. The van der Waals surface area contributed by atoms with Gasteiger partial charge in [-0.25, -0.2) is 0 Å². The first-order chi connectivity index (χ1) is 11.4. The van der Waals surface area contributed by atoms with Gasteiger partial charge in [-0.3, -0.25) is 18.2 Å². The Balaban J connectivity index is 0.00000364. The summed E-state index contributed by atoms with van der Waals surface area (Å²) in [4.78, 5) is -4.92. The zero-order valence-electron chi connectivity index (χ0n) is 14.0. The second-order valence-electron chi connectivity index (χ2n) is 4.84. The third-order valence-electron chi connectivity index (χ3n) is 3.09. The van der Waals surface area contributed by atoms with Gasteiger partial charge in [-0.05, 0) is 24.3 Å². The molecule has 0 spiro atoms. The minimum Gasteiger partial charge on any atom is -1.00 e. The maximum Gasteiger partial charge on any atom is 1.00 e. The van der Waals surface area contributed by atoms with Crippen LogP contribution in [0, 0.1) is 0 Å². The maximum atomic E-state index is 11.5. The van der Waals surface area contributed by atoms with Crippen molar-refractivity contribution in [2.75, 3.05) is 0 Å². The van der Waals surface area contributed by atoms with E-state index in [2.05, 4.69) is 0 Å². The van der Waals surface area contributed by atoms with Crippen molar-refractivity contribution in [1.29, 1.82) is 0 Å². The van der Waals surface area contributed by atoms with Gasteiger partial charge in [0.1, 0.15) is 9.79 Å². The molecule has 0 heterocycles. The van der Waals surface area contributed by atoms with Gasteiger partial charge in [-0.1, -0.05) is 0 Å². The molecule has 2 rings (SSSR count). The third kappa shape index (κ3) is 5.53. The summed E-state index contributed by atoms with van der Waals surface area (Å²) >= 11 is 0. The first-order valence-electron chi connectivity index (χ1n) is 5.94. The van der Waals surface area contributed by atoms with E-state index in [1.54, 1.807) is 0 Å². The normalized spacial score (nSPS) is 13.3. The molecule has 0 atom stereocenters. The first-order valence-corrected chi connectivity index (χ1v) is 11.7. The van der Waals surface area contributed by atoms with Crippen LogP contribution in [0.5, 0.6) is 0 Å². The number of hydrogen-bond acceptors (Lipinski definition) is 8. The molecule has 2 aromatic rings. The van der Waals surface area contributed by atoms with Crippen molar-refractivity contribution in [3.8, 4) is 0 Å². The fourth-order valence-corrected chi connectivity index (χ4v) is 4.73. The molecule has 2 aromatic carbocycles. The van der Waals surface area contributed by atoms with Crippen molar-refractivity contribution in [2.24, 2.45) is 0 Å².